The molecule has 4 heavy (non-hydrogen) atoms. The Morgan fingerprint density at radius 2 is 1.00 bits per heavy atom. The van der Waals surface area contributed by atoms with Crippen LogP contribution in [0, 0.1) is 0 Å². The van der Waals surface area contributed by atoms with E-state index in [-0.39, 0.29) is 62.0 Å². The molecule has 0 heterocycles. The van der Waals surface area contributed by atoms with Crippen LogP contribution in [0.15, 0.2) is 0 Å². The quantitative estimate of drug-likeness (QED) is 0.438. The van der Waals surface area contributed by atoms with Gasteiger partial charge in [-0.15, -0.1) is 0 Å². The van der Waals surface area contributed by atoms with E-state index < -0.39 is 0 Å². The van der Waals surface area contributed by atoms with E-state index in [2.05, 4.69) is 0 Å². The zero-order valence-corrected chi connectivity index (χ0v) is 8.41. The fourth-order valence-electron chi connectivity index (χ4n) is 0. The van der Waals surface area contributed by atoms with E-state index in [0.717, 1.165) is 0 Å². The van der Waals surface area contributed by atoms with Crippen molar-refractivity contribution in [3.8, 4) is 0 Å². The Bertz CT molecular complexity index is 8.00. The van der Waals surface area contributed by atoms with E-state index in [1.54, 1.807) is 0 Å². The summed E-state index contributed by atoms with van der Waals surface area (Å²) in [5.74, 6) is 0. The van der Waals surface area contributed by atoms with Crippen molar-refractivity contribution in [3.05, 3.63) is 0 Å². The van der Waals surface area contributed by atoms with E-state index >= 15 is 0 Å². The summed E-state index contributed by atoms with van der Waals surface area (Å²) >= 11 is 0. The molecule has 0 aromatic rings. The Morgan fingerprint density at radius 3 is 1.00 bits per heavy atom. The molecule has 0 amide bonds. The van der Waals surface area contributed by atoms with Gasteiger partial charge in [-0.1, -0.05) is 0 Å². The normalized spacial score (nSPS) is 0. The summed E-state index contributed by atoms with van der Waals surface area (Å²) in [4.78, 5) is 0. The molecule has 4 heteroatoms. The van der Waals surface area contributed by atoms with Crippen LogP contribution in [0.3, 0.4) is 0 Å². The Morgan fingerprint density at radius 1 is 1.00 bits per heavy atom. The van der Waals surface area contributed by atoms with Gasteiger partial charge in [0, 0.05) is 45.0 Å². The fraction of sp³-hybridized carbons (Fsp3) is 0. The van der Waals surface area contributed by atoms with Crippen LogP contribution >= 0.6 is 0 Å². The monoisotopic (exact) mass is 212 g/mol. The standard InChI is InChI=1S/B.Mn.H2Se.Zn/h;;1H2;. The summed E-state index contributed by atoms with van der Waals surface area (Å²) in [6.07, 6.45) is 0. The zero-order chi connectivity index (χ0) is 0. The molecule has 0 spiro atoms. The van der Waals surface area contributed by atoms with Gasteiger partial charge in [-0.2, -0.15) is 0 Å². The SMILES string of the molecule is [B].[Mn].[SeH2].[Zn]. The van der Waals surface area contributed by atoms with Gasteiger partial charge in [0.05, 0.1) is 0 Å². The molecule has 0 aliphatic rings. The minimum absolute atomic E-state index is 0. The van der Waals surface area contributed by atoms with E-state index in [4.69, 9.17) is 0 Å². The molecule has 0 N–H and O–H groups in total. The van der Waals surface area contributed by atoms with Crippen molar-refractivity contribution >= 4 is 25.5 Å². The number of hydrogen-bond donors (Lipinski definition) is 0. The van der Waals surface area contributed by atoms with E-state index in [1.807, 2.05) is 0 Å². The van der Waals surface area contributed by atoms with Crippen LogP contribution < -0.4 is 0 Å². The molecule has 0 aliphatic carbocycles. The molecule has 0 atom stereocenters. The summed E-state index contributed by atoms with van der Waals surface area (Å²) in [5, 5.41) is 0. The zero-order valence-electron chi connectivity index (χ0n) is 2.16. The molecular formula is H2BMnSeZn. The molecule has 0 rings (SSSR count). The first-order chi connectivity index (χ1) is 0. The van der Waals surface area contributed by atoms with E-state index in [0.29, 0.717) is 0 Å². The van der Waals surface area contributed by atoms with Gasteiger partial charge in [-0.25, -0.2) is 0 Å². The minimum Gasteiger partial charge on any atom is 0 e. The molecule has 0 saturated heterocycles. The van der Waals surface area contributed by atoms with Crippen LogP contribution in [0.5, 0.6) is 0 Å². The van der Waals surface area contributed by atoms with Crippen molar-refractivity contribution < 1.29 is 36.5 Å². The van der Waals surface area contributed by atoms with Gasteiger partial charge in [0.1, 0.15) is 0 Å². The second-order valence-corrected chi connectivity index (χ2v) is 0. The molecule has 0 aliphatic heterocycles. The molecule has 0 aromatic carbocycles. The van der Waals surface area contributed by atoms with Crippen LogP contribution in [0.4, 0.5) is 0 Å². The van der Waals surface area contributed by atoms with Crippen molar-refractivity contribution in [2.75, 3.05) is 0 Å². The van der Waals surface area contributed by atoms with Crippen LogP contribution in [0.2, 0.25) is 0 Å². The average Bonchev–Trinajstić information content (AvgIpc) is 0. The van der Waals surface area contributed by atoms with Gasteiger partial charge in [0.15, 0.2) is 0 Å². The van der Waals surface area contributed by atoms with Gasteiger partial charge in [-0.3, -0.25) is 0 Å². The molecule has 4 radical (unpaired) electrons. The Labute approximate surface area is 61.8 Å². The summed E-state index contributed by atoms with van der Waals surface area (Å²) in [6.45, 7) is 0. The number of hydrogen-bond acceptors (Lipinski definition) is 0. The van der Waals surface area contributed by atoms with Crippen molar-refractivity contribution in [2.24, 2.45) is 0 Å². The molecule has 0 aromatic heterocycles. The molecule has 0 fully saturated rings. The summed E-state index contributed by atoms with van der Waals surface area (Å²) in [7, 11) is 0. The van der Waals surface area contributed by atoms with Crippen molar-refractivity contribution in [1.29, 1.82) is 0 Å². The van der Waals surface area contributed by atoms with Crippen LogP contribution in [-0.4, -0.2) is 25.5 Å². The van der Waals surface area contributed by atoms with Crippen molar-refractivity contribution in [2.45, 2.75) is 0 Å². The molecule has 0 bridgehead atoms. The van der Waals surface area contributed by atoms with Crippen LogP contribution in [-0.2, 0) is 36.5 Å². The smallest absolute Gasteiger partial charge is 0 e. The third kappa shape index (κ3) is 9.29. The third-order valence-corrected chi connectivity index (χ3v) is 0. The van der Waals surface area contributed by atoms with Crippen molar-refractivity contribution in [1.82, 2.24) is 0 Å². The fourth-order valence-corrected chi connectivity index (χ4v) is 0. The van der Waals surface area contributed by atoms with Crippen LogP contribution in [0.1, 0.15) is 0 Å². The first-order valence-corrected chi connectivity index (χ1v) is 0. The maximum atomic E-state index is 0. The van der Waals surface area contributed by atoms with Crippen LogP contribution in [0.25, 0.3) is 0 Å². The van der Waals surface area contributed by atoms with E-state index in [1.165, 1.54) is 0 Å². The minimum atomic E-state index is 0. The van der Waals surface area contributed by atoms with Gasteiger partial charge in [0.25, 0.3) is 0 Å². The molecular weight excluding hydrogens is 210 g/mol. The third-order valence-electron chi connectivity index (χ3n) is 0. The maximum absolute atomic E-state index is 0. The maximum Gasteiger partial charge on any atom is 0 e. The Kier molecular flexibility index (Phi) is 236. The number of rotatable bonds is 0. The largest absolute Gasteiger partial charge is 0 e. The second-order valence-electron chi connectivity index (χ2n) is 0. The molecule has 0 saturated carbocycles. The molecule has 20 valence electrons. The molecule has 0 unspecified atom stereocenters. The van der Waals surface area contributed by atoms with Crippen molar-refractivity contribution in [3.63, 3.8) is 0 Å². The second kappa shape index (κ2) is 22.0. The van der Waals surface area contributed by atoms with Gasteiger partial charge in [0.2, 0.25) is 0 Å². The average molecular weight is 212 g/mol. The first kappa shape index (κ1) is 42.9. The topological polar surface area (TPSA) is 0 Å². The van der Waals surface area contributed by atoms with Gasteiger partial charge in [-0.05, 0) is 0 Å². The van der Waals surface area contributed by atoms with Gasteiger partial charge < -0.3 is 0 Å². The summed E-state index contributed by atoms with van der Waals surface area (Å²) < 4.78 is 0. The Balaban J connectivity index is 0. The molecule has 0 nitrogen and oxygen atoms in total. The van der Waals surface area contributed by atoms with Gasteiger partial charge >= 0.3 is 17.1 Å². The van der Waals surface area contributed by atoms with E-state index in [9.17, 15) is 0 Å². The predicted octanol–water partition coefficient (Wildman–Crippen LogP) is -1.30. The summed E-state index contributed by atoms with van der Waals surface area (Å²) in [5.41, 5.74) is 0. The Hall–Kier alpha value is 1.73. The predicted molar refractivity (Wildman–Crippen MR) is 14.3 cm³/mol. The first-order valence-electron chi connectivity index (χ1n) is 0. The summed E-state index contributed by atoms with van der Waals surface area (Å²) in [6, 6.07) is 0.